The van der Waals surface area contributed by atoms with Crippen LogP contribution in [0.5, 0.6) is 0 Å². The van der Waals surface area contributed by atoms with Gasteiger partial charge in [-0.05, 0) is 55.4 Å². The molecule has 1 saturated carbocycles. The molecule has 0 bridgehead atoms. The minimum absolute atomic E-state index is 0. The first-order chi connectivity index (χ1) is 20.5. The van der Waals surface area contributed by atoms with E-state index in [0.29, 0.717) is 24.9 Å². The second-order valence-electron chi connectivity index (χ2n) is 10.7. The van der Waals surface area contributed by atoms with Crippen molar-refractivity contribution in [2.75, 3.05) is 0 Å². The molecule has 3 heterocycles. The van der Waals surface area contributed by atoms with E-state index in [-0.39, 0.29) is 24.0 Å². The van der Waals surface area contributed by atoms with Crippen LogP contribution in [0.15, 0.2) is 89.9 Å². The Balaban J connectivity index is 0.00000368. The minimum Gasteiger partial charge on any atom is -0.389 e. The second kappa shape index (κ2) is 12.7. The van der Waals surface area contributed by atoms with E-state index in [1.54, 1.807) is 6.20 Å². The molecule has 6 rings (SSSR count). The van der Waals surface area contributed by atoms with E-state index in [2.05, 4.69) is 33.6 Å². The number of hydrogen-bond acceptors (Lipinski definition) is 5. The van der Waals surface area contributed by atoms with E-state index < -0.39 is 11.6 Å². The van der Waals surface area contributed by atoms with Gasteiger partial charge in [0.2, 0.25) is 5.91 Å². The number of halogens is 1. The summed E-state index contributed by atoms with van der Waals surface area (Å²) in [5, 5.41) is 20.8. The zero-order valence-electron chi connectivity index (χ0n) is 23.5. The van der Waals surface area contributed by atoms with E-state index in [1.165, 1.54) is 16.6 Å². The van der Waals surface area contributed by atoms with E-state index in [0.717, 1.165) is 58.1 Å². The van der Waals surface area contributed by atoms with Crippen molar-refractivity contribution < 1.29 is 9.90 Å². The number of aliphatic hydroxyl groups excluding tert-OH is 1. The zero-order chi connectivity index (χ0) is 29.1. The van der Waals surface area contributed by atoms with Gasteiger partial charge in [0.05, 0.1) is 22.9 Å². The Bertz CT molecular complexity index is 1880. The maximum absolute atomic E-state index is 12.8. The average molecular weight is 594 g/mol. The van der Waals surface area contributed by atoms with E-state index >= 15 is 0 Å². The van der Waals surface area contributed by atoms with Crippen molar-refractivity contribution in [1.29, 1.82) is 0 Å². The van der Waals surface area contributed by atoms with Crippen molar-refractivity contribution >= 4 is 34.9 Å². The quantitative estimate of drug-likeness (QED) is 0.118. The summed E-state index contributed by atoms with van der Waals surface area (Å²) in [6.45, 7) is 0. The summed E-state index contributed by atoms with van der Waals surface area (Å²) >= 11 is 0. The molecule has 3 N–H and O–H groups in total. The Hall–Kier alpha value is -4.71. The number of unbranched alkanes of at least 4 members (excludes halogenated alkanes) is 1. The highest BCUT2D eigenvalue weighted by molar-refractivity contribution is 5.98. The zero-order valence-corrected chi connectivity index (χ0v) is 24.3. The van der Waals surface area contributed by atoms with Crippen LogP contribution >= 0.6 is 12.4 Å². The summed E-state index contributed by atoms with van der Waals surface area (Å²) in [6.07, 6.45) is 13.8. The van der Waals surface area contributed by atoms with Gasteiger partial charge in [-0.1, -0.05) is 60.7 Å². The van der Waals surface area contributed by atoms with Crippen LogP contribution in [-0.2, 0) is 10.3 Å². The standard InChI is InChI=1S/C34H31N5O3.ClH/c1-2-3-5-11-26(40)16-17-30(41)36-34(19-8-20-34)25-14-12-24(13-15-25)31-27(23-9-6-4-7-10-23)22-28-29(35-31)18-21-39-32(28)37-38-33(39)42;/h1,4,6-7,9-10,12-18,21-22,26,40H,3,5,8,11,19-20H2,(H,36,41)(H,38,42);1H. The Kier molecular flexibility index (Phi) is 8.76. The molecule has 0 spiro atoms. The molecule has 0 aliphatic heterocycles. The molecule has 1 aliphatic carbocycles. The number of fused-ring (bicyclic) bond motifs is 3. The molecule has 0 radical (unpaired) electrons. The highest BCUT2D eigenvalue weighted by Gasteiger charge is 2.39. The van der Waals surface area contributed by atoms with Crippen LogP contribution in [0.1, 0.15) is 44.1 Å². The van der Waals surface area contributed by atoms with Gasteiger partial charge in [0.25, 0.3) is 0 Å². The number of nitrogens with zero attached hydrogens (tertiary/aromatic N) is 3. The van der Waals surface area contributed by atoms with Crippen molar-refractivity contribution in [3.63, 3.8) is 0 Å². The molecule has 8 nitrogen and oxygen atoms in total. The van der Waals surface area contributed by atoms with Crippen molar-refractivity contribution in [1.82, 2.24) is 24.9 Å². The Morgan fingerprint density at radius 3 is 2.60 bits per heavy atom. The molecule has 1 unspecified atom stereocenters. The lowest BCUT2D eigenvalue weighted by molar-refractivity contribution is -0.119. The fraction of sp³-hybridized carbons (Fsp3) is 0.235. The maximum Gasteiger partial charge on any atom is 0.347 e. The number of carbonyl (C=O) groups is 1. The number of aromatic nitrogens is 4. The lowest BCUT2D eigenvalue weighted by atomic mass is 9.71. The number of amides is 1. The molecule has 1 aliphatic rings. The smallest absolute Gasteiger partial charge is 0.347 e. The van der Waals surface area contributed by atoms with Crippen LogP contribution in [0.25, 0.3) is 38.9 Å². The van der Waals surface area contributed by atoms with Crippen LogP contribution in [0, 0.1) is 12.3 Å². The largest absolute Gasteiger partial charge is 0.389 e. The average Bonchev–Trinajstić information content (AvgIpc) is 3.39. The number of benzene rings is 2. The van der Waals surface area contributed by atoms with Gasteiger partial charge in [0, 0.05) is 35.2 Å². The van der Waals surface area contributed by atoms with Gasteiger partial charge in [-0.25, -0.2) is 19.3 Å². The first-order valence-corrected chi connectivity index (χ1v) is 14.2. The Morgan fingerprint density at radius 1 is 1.14 bits per heavy atom. The van der Waals surface area contributed by atoms with Gasteiger partial charge in [-0.2, -0.15) is 5.10 Å². The van der Waals surface area contributed by atoms with Crippen LogP contribution in [-0.4, -0.2) is 36.7 Å². The van der Waals surface area contributed by atoms with Gasteiger partial charge in [0.15, 0.2) is 5.65 Å². The fourth-order valence-corrected chi connectivity index (χ4v) is 5.62. The number of aliphatic hydroxyl groups is 1. The van der Waals surface area contributed by atoms with Gasteiger partial charge in [-0.3, -0.25) is 4.79 Å². The lowest BCUT2D eigenvalue weighted by Crippen LogP contribution is -2.50. The SMILES string of the molecule is C#CCCCC(O)C=CC(=O)NC1(c2ccc(-c3nc4ccn5c(=O)[nH]nc5c4cc3-c3ccccc3)cc2)CCC1.Cl. The van der Waals surface area contributed by atoms with E-state index in [9.17, 15) is 14.7 Å². The van der Waals surface area contributed by atoms with Crippen LogP contribution in [0.2, 0.25) is 0 Å². The number of terminal acetylenes is 1. The van der Waals surface area contributed by atoms with Gasteiger partial charge in [0.1, 0.15) is 0 Å². The summed E-state index contributed by atoms with van der Waals surface area (Å²) in [6, 6.07) is 22.1. The third-order valence-corrected chi connectivity index (χ3v) is 8.03. The lowest BCUT2D eigenvalue weighted by Gasteiger charge is -2.43. The first kappa shape index (κ1) is 29.8. The monoisotopic (exact) mass is 593 g/mol. The summed E-state index contributed by atoms with van der Waals surface area (Å²) in [7, 11) is 0. The maximum atomic E-state index is 12.8. The van der Waals surface area contributed by atoms with Crippen molar-refractivity contribution in [2.45, 2.75) is 50.2 Å². The molecule has 9 heteroatoms. The normalized spacial score (nSPS) is 14.6. The topological polar surface area (TPSA) is 112 Å². The third-order valence-electron chi connectivity index (χ3n) is 8.03. The molecule has 2 aromatic carbocycles. The molecule has 1 fully saturated rings. The predicted molar refractivity (Wildman–Crippen MR) is 171 cm³/mol. The first-order valence-electron chi connectivity index (χ1n) is 14.2. The number of rotatable bonds is 9. The van der Waals surface area contributed by atoms with Gasteiger partial charge < -0.3 is 10.4 Å². The van der Waals surface area contributed by atoms with Crippen LogP contribution in [0.4, 0.5) is 0 Å². The van der Waals surface area contributed by atoms with Crippen molar-refractivity contribution in [2.24, 2.45) is 0 Å². The molecule has 43 heavy (non-hydrogen) atoms. The number of aromatic amines is 1. The van der Waals surface area contributed by atoms with Gasteiger partial charge >= 0.3 is 5.69 Å². The second-order valence-corrected chi connectivity index (χ2v) is 10.7. The molecule has 3 aromatic heterocycles. The van der Waals surface area contributed by atoms with Crippen molar-refractivity contribution in [3.8, 4) is 34.7 Å². The number of carbonyl (C=O) groups excluding carboxylic acids is 1. The predicted octanol–water partition coefficient (Wildman–Crippen LogP) is 5.54. The van der Waals surface area contributed by atoms with E-state index in [4.69, 9.17) is 11.4 Å². The fourth-order valence-electron chi connectivity index (χ4n) is 5.62. The molecule has 5 aromatic rings. The summed E-state index contributed by atoms with van der Waals surface area (Å²) in [5.41, 5.74) is 5.25. The van der Waals surface area contributed by atoms with Gasteiger partial charge in [-0.15, -0.1) is 24.8 Å². The number of H-pyrrole nitrogens is 1. The number of pyridine rings is 2. The summed E-state index contributed by atoms with van der Waals surface area (Å²) < 4.78 is 1.48. The Labute approximate surface area is 255 Å². The molecule has 0 saturated heterocycles. The molecular weight excluding hydrogens is 562 g/mol. The number of hydrogen-bond donors (Lipinski definition) is 3. The minimum atomic E-state index is -0.695. The highest BCUT2D eigenvalue weighted by atomic mass is 35.5. The summed E-state index contributed by atoms with van der Waals surface area (Å²) in [5.74, 6) is 2.34. The van der Waals surface area contributed by atoms with Crippen LogP contribution < -0.4 is 11.0 Å². The molecule has 1 atom stereocenters. The highest BCUT2D eigenvalue weighted by Crippen LogP contribution is 2.42. The number of nitrogens with one attached hydrogen (secondary N) is 2. The van der Waals surface area contributed by atoms with Crippen molar-refractivity contribution in [3.05, 3.63) is 101 Å². The molecule has 218 valence electrons. The van der Waals surface area contributed by atoms with E-state index in [1.807, 2.05) is 54.6 Å². The van der Waals surface area contributed by atoms with Crippen LogP contribution in [0.3, 0.4) is 0 Å². The molecular formula is C34H32ClN5O3. The molecule has 1 amide bonds. The summed E-state index contributed by atoms with van der Waals surface area (Å²) in [4.78, 5) is 30.0. The third kappa shape index (κ3) is 5.96. The Morgan fingerprint density at radius 2 is 1.91 bits per heavy atom.